The first kappa shape index (κ1) is 17.6. The number of hydrogen-bond acceptors (Lipinski definition) is 2. The van der Waals surface area contributed by atoms with Crippen LogP contribution >= 0.6 is 35.6 Å². The van der Waals surface area contributed by atoms with E-state index in [2.05, 4.69) is 11.9 Å². The molecule has 1 fully saturated rings. The molecule has 112 valence electrons. The second-order valence-electron chi connectivity index (χ2n) is 4.85. The average molecular weight is 337 g/mol. The minimum atomic E-state index is 0. The number of hydrogen-bond donors (Lipinski definition) is 1. The van der Waals surface area contributed by atoms with Crippen molar-refractivity contribution in [2.45, 2.75) is 38.3 Å². The molecule has 2 rings (SSSR count). The minimum absolute atomic E-state index is 0. The van der Waals surface area contributed by atoms with Crippen LogP contribution in [0.3, 0.4) is 0 Å². The van der Waals surface area contributed by atoms with Crippen LogP contribution in [0.2, 0.25) is 10.0 Å². The normalized spacial score (nSPS) is 14.9. The lowest BCUT2D eigenvalue weighted by Crippen LogP contribution is -2.25. The molecule has 0 saturated heterocycles. The molecule has 0 heterocycles. The highest BCUT2D eigenvalue weighted by Crippen LogP contribution is 2.34. The van der Waals surface area contributed by atoms with E-state index in [9.17, 15) is 0 Å². The molecule has 1 N–H and O–H groups in total. The molecule has 0 aromatic heterocycles. The molecule has 20 heavy (non-hydrogen) atoms. The van der Waals surface area contributed by atoms with Crippen LogP contribution in [0.1, 0.15) is 31.2 Å². The topological polar surface area (TPSA) is 21.3 Å². The summed E-state index contributed by atoms with van der Waals surface area (Å²) < 4.78 is 5.45. The molecule has 0 amide bonds. The van der Waals surface area contributed by atoms with Gasteiger partial charge >= 0.3 is 0 Å². The lowest BCUT2D eigenvalue weighted by Gasteiger charge is -2.14. The van der Waals surface area contributed by atoms with Crippen LogP contribution in [0.4, 0.5) is 0 Å². The summed E-state index contributed by atoms with van der Waals surface area (Å²) in [5, 5.41) is 4.65. The zero-order valence-electron chi connectivity index (χ0n) is 11.3. The standard InChI is InChI=1S/C15H19Cl2NO.ClH/c1-2-7-19-15-13(16)8-11(9-14(15)17)10-18-12-5-3-4-6-12;/h2,8-9,12,18H,1,3-7,10H2;1H. The third kappa shape index (κ3) is 4.85. The van der Waals surface area contributed by atoms with E-state index in [-0.39, 0.29) is 12.4 Å². The third-order valence-electron chi connectivity index (χ3n) is 3.35. The van der Waals surface area contributed by atoms with Gasteiger partial charge in [0.25, 0.3) is 0 Å². The monoisotopic (exact) mass is 335 g/mol. The average Bonchev–Trinajstić information content (AvgIpc) is 2.88. The molecular formula is C15H20Cl3NO. The molecule has 0 bridgehead atoms. The van der Waals surface area contributed by atoms with Gasteiger partial charge in [0.2, 0.25) is 0 Å². The lowest BCUT2D eigenvalue weighted by molar-refractivity contribution is 0.363. The molecule has 1 saturated carbocycles. The maximum Gasteiger partial charge on any atom is 0.156 e. The molecule has 1 aliphatic rings. The second-order valence-corrected chi connectivity index (χ2v) is 5.66. The predicted octanol–water partition coefficient (Wildman–Crippen LogP) is 5.01. The quantitative estimate of drug-likeness (QED) is 0.737. The Morgan fingerprint density at radius 2 is 1.85 bits per heavy atom. The number of nitrogens with one attached hydrogen (secondary N) is 1. The highest BCUT2D eigenvalue weighted by Gasteiger charge is 2.15. The molecule has 0 atom stereocenters. The van der Waals surface area contributed by atoms with E-state index in [1.54, 1.807) is 6.08 Å². The molecule has 0 aliphatic heterocycles. The van der Waals surface area contributed by atoms with Gasteiger partial charge in [-0.15, -0.1) is 12.4 Å². The summed E-state index contributed by atoms with van der Waals surface area (Å²) in [5.74, 6) is 0.535. The van der Waals surface area contributed by atoms with Crippen molar-refractivity contribution in [3.8, 4) is 5.75 Å². The third-order valence-corrected chi connectivity index (χ3v) is 3.92. The minimum Gasteiger partial charge on any atom is -0.486 e. The largest absolute Gasteiger partial charge is 0.486 e. The number of benzene rings is 1. The molecule has 0 spiro atoms. The van der Waals surface area contributed by atoms with Crippen LogP contribution in [0.15, 0.2) is 24.8 Å². The molecule has 1 aromatic rings. The Hall–Kier alpha value is -0.410. The lowest BCUT2D eigenvalue weighted by atomic mass is 10.2. The van der Waals surface area contributed by atoms with Crippen LogP contribution in [0.25, 0.3) is 0 Å². The molecule has 1 aliphatic carbocycles. The number of rotatable bonds is 6. The maximum atomic E-state index is 6.19. The van der Waals surface area contributed by atoms with Crippen LogP contribution in [-0.4, -0.2) is 12.6 Å². The first-order chi connectivity index (χ1) is 9.20. The summed E-state index contributed by atoms with van der Waals surface area (Å²) in [6.07, 6.45) is 6.85. The van der Waals surface area contributed by atoms with Crippen LogP contribution in [0.5, 0.6) is 5.75 Å². The Kier molecular flexibility index (Phi) is 7.75. The highest BCUT2D eigenvalue weighted by atomic mass is 35.5. The maximum absolute atomic E-state index is 6.19. The van der Waals surface area contributed by atoms with E-state index >= 15 is 0 Å². The summed E-state index contributed by atoms with van der Waals surface area (Å²) in [6.45, 7) is 4.80. The summed E-state index contributed by atoms with van der Waals surface area (Å²) in [5.41, 5.74) is 1.09. The molecule has 1 aromatic carbocycles. The summed E-state index contributed by atoms with van der Waals surface area (Å²) in [4.78, 5) is 0. The highest BCUT2D eigenvalue weighted by molar-refractivity contribution is 6.37. The van der Waals surface area contributed by atoms with Crippen molar-refractivity contribution in [1.82, 2.24) is 5.32 Å². The number of ether oxygens (including phenoxy) is 1. The van der Waals surface area contributed by atoms with Crippen molar-refractivity contribution in [1.29, 1.82) is 0 Å². The van der Waals surface area contributed by atoms with E-state index < -0.39 is 0 Å². The van der Waals surface area contributed by atoms with E-state index in [4.69, 9.17) is 27.9 Å². The fourth-order valence-corrected chi connectivity index (χ4v) is 3.03. The predicted molar refractivity (Wildman–Crippen MR) is 88.5 cm³/mol. The van der Waals surface area contributed by atoms with Crippen molar-refractivity contribution < 1.29 is 4.74 Å². The van der Waals surface area contributed by atoms with Gasteiger partial charge in [0.1, 0.15) is 6.61 Å². The Morgan fingerprint density at radius 1 is 1.25 bits per heavy atom. The van der Waals surface area contributed by atoms with Gasteiger partial charge in [-0.25, -0.2) is 0 Å². The van der Waals surface area contributed by atoms with Gasteiger partial charge in [-0.1, -0.05) is 48.7 Å². The van der Waals surface area contributed by atoms with E-state index in [1.807, 2.05) is 12.1 Å². The zero-order chi connectivity index (χ0) is 13.7. The summed E-state index contributed by atoms with van der Waals surface area (Å²) in [7, 11) is 0. The van der Waals surface area contributed by atoms with Crippen molar-refractivity contribution in [3.63, 3.8) is 0 Å². The first-order valence-electron chi connectivity index (χ1n) is 6.65. The van der Waals surface area contributed by atoms with Gasteiger partial charge in [0.05, 0.1) is 10.0 Å². The SMILES string of the molecule is C=CCOc1c(Cl)cc(CNC2CCCC2)cc1Cl.Cl. The zero-order valence-corrected chi connectivity index (χ0v) is 13.7. The number of halogens is 3. The van der Waals surface area contributed by atoms with Crippen molar-refractivity contribution >= 4 is 35.6 Å². The van der Waals surface area contributed by atoms with Crippen LogP contribution < -0.4 is 10.1 Å². The fraction of sp³-hybridized carbons (Fsp3) is 0.467. The van der Waals surface area contributed by atoms with E-state index in [0.717, 1.165) is 12.1 Å². The van der Waals surface area contributed by atoms with Gasteiger partial charge in [0, 0.05) is 12.6 Å². The molecule has 0 radical (unpaired) electrons. The Morgan fingerprint density at radius 3 is 2.40 bits per heavy atom. The van der Waals surface area contributed by atoms with Gasteiger partial charge < -0.3 is 10.1 Å². The molecule has 0 unspecified atom stereocenters. The Bertz CT molecular complexity index is 422. The smallest absolute Gasteiger partial charge is 0.156 e. The van der Waals surface area contributed by atoms with Gasteiger partial charge in [-0.3, -0.25) is 0 Å². The van der Waals surface area contributed by atoms with Gasteiger partial charge in [-0.05, 0) is 30.5 Å². The molecule has 2 nitrogen and oxygen atoms in total. The molecule has 5 heteroatoms. The van der Waals surface area contributed by atoms with Crippen molar-refractivity contribution in [2.24, 2.45) is 0 Å². The second kappa shape index (κ2) is 8.78. The van der Waals surface area contributed by atoms with Crippen LogP contribution in [0, 0.1) is 0 Å². The van der Waals surface area contributed by atoms with Crippen LogP contribution in [-0.2, 0) is 6.54 Å². The van der Waals surface area contributed by atoms with Crippen molar-refractivity contribution in [3.05, 3.63) is 40.4 Å². The summed E-state index contributed by atoms with van der Waals surface area (Å²) in [6, 6.07) is 4.45. The first-order valence-corrected chi connectivity index (χ1v) is 7.41. The Balaban J connectivity index is 0.00000200. The van der Waals surface area contributed by atoms with Gasteiger partial charge in [0.15, 0.2) is 5.75 Å². The Labute approximate surface area is 136 Å². The molecular weight excluding hydrogens is 317 g/mol. The summed E-state index contributed by atoms with van der Waals surface area (Å²) >= 11 is 12.4. The van der Waals surface area contributed by atoms with E-state index in [0.29, 0.717) is 28.4 Å². The van der Waals surface area contributed by atoms with E-state index in [1.165, 1.54) is 25.7 Å². The fourth-order valence-electron chi connectivity index (χ4n) is 2.39. The van der Waals surface area contributed by atoms with Crippen molar-refractivity contribution in [2.75, 3.05) is 6.61 Å². The van der Waals surface area contributed by atoms with Gasteiger partial charge in [-0.2, -0.15) is 0 Å².